The van der Waals surface area contributed by atoms with E-state index in [9.17, 15) is 9.59 Å². The first-order valence-electron chi connectivity index (χ1n) is 6.61. The van der Waals surface area contributed by atoms with Crippen LogP contribution in [0.15, 0.2) is 24.3 Å². The lowest BCUT2D eigenvalue weighted by Gasteiger charge is -2.21. The molecule has 2 amide bonds. The van der Waals surface area contributed by atoms with E-state index in [-0.39, 0.29) is 17.7 Å². The van der Waals surface area contributed by atoms with Crippen LogP contribution in [0.4, 0.5) is 5.69 Å². The number of benzene rings is 1. The Morgan fingerprint density at radius 2 is 1.84 bits per heavy atom. The monoisotopic (exact) mass is 262 g/mol. The van der Waals surface area contributed by atoms with E-state index in [1.807, 2.05) is 45.0 Å². The Morgan fingerprint density at radius 3 is 2.37 bits per heavy atom. The van der Waals surface area contributed by atoms with Gasteiger partial charge >= 0.3 is 0 Å². The van der Waals surface area contributed by atoms with Gasteiger partial charge in [-0.3, -0.25) is 9.59 Å². The van der Waals surface area contributed by atoms with Gasteiger partial charge in [-0.05, 0) is 24.0 Å². The van der Waals surface area contributed by atoms with Crippen LogP contribution in [-0.2, 0) is 16.0 Å². The van der Waals surface area contributed by atoms with Crippen molar-refractivity contribution in [1.29, 1.82) is 0 Å². The smallest absolute Gasteiger partial charge is 0.247 e. The first kappa shape index (κ1) is 15.2. The van der Waals surface area contributed by atoms with Crippen LogP contribution in [0.3, 0.4) is 0 Å². The summed E-state index contributed by atoms with van der Waals surface area (Å²) in [4.78, 5) is 23.4. The summed E-state index contributed by atoms with van der Waals surface area (Å²) >= 11 is 0. The normalized spacial score (nSPS) is 12.1. The molecule has 0 heterocycles. The lowest BCUT2D eigenvalue weighted by molar-refractivity contribution is -0.126. The van der Waals surface area contributed by atoms with Crippen LogP contribution in [0.5, 0.6) is 0 Å². The summed E-state index contributed by atoms with van der Waals surface area (Å²) in [5.74, 6) is -0.332. The fourth-order valence-corrected chi connectivity index (χ4v) is 1.91. The van der Waals surface area contributed by atoms with Crippen LogP contribution in [0, 0.1) is 5.92 Å². The highest BCUT2D eigenvalue weighted by Crippen LogP contribution is 2.16. The zero-order valence-corrected chi connectivity index (χ0v) is 12.0. The van der Waals surface area contributed by atoms with Gasteiger partial charge in [0.15, 0.2) is 0 Å². The molecule has 0 aliphatic heterocycles. The van der Waals surface area contributed by atoms with Crippen molar-refractivity contribution in [3.63, 3.8) is 0 Å². The highest BCUT2D eigenvalue weighted by molar-refractivity contribution is 5.97. The van der Waals surface area contributed by atoms with Crippen molar-refractivity contribution in [2.75, 3.05) is 5.32 Å². The second-order valence-corrected chi connectivity index (χ2v) is 4.92. The topological polar surface area (TPSA) is 58.2 Å². The summed E-state index contributed by atoms with van der Waals surface area (Å²) in [6.45, 7) is 7.28. The van der Waals surface area contributed by atoms with Gasteiger partial charge in [-0.1, -0.05) is 39.0 Å². The van der Waals surface area contributed by atoms with Crippen molar-refractivity contribution in [2.24, 2.45) is 5.92 Å². The molecule has 1 aromatic carbocycles. The molecule has 1 atom stereocenters. The van der Waals surface area contributed by atoms with Crippen LogP contribution < -0.4 is 10.6 Å². The molecule has 2 N–H and O–H groups in total. The summed E-state index contributed by atoms with van der Waals surface area (Å²) < 4.78 is 0. The Balaban J connectivity index is 2.84. The predicted octanol–water partition coefficient (Wildman–Crippen LogP) is 2.35. The minimum atomic E-state index is -0.512. The van der Waals surface area contributed by atoms with E-state index in [2.05, 4.69) is 10.6 Å². The zero-order valence-electron chi connectivity index (χ0n) is 12.0. The number of hydrogen-bond donors (Lipinski definition) is 2. The number of carbonyl (C=O) groups is 2. The molecule has 0 aliphatic carbocycles. The maximum absolute atomic E-state index is 12.2. The molecule has 1 rings (SSSR count). The fourth-order valence-electron chi connectivity index (χ4n) is 1.91. The molecule has 0 aliphatic rings. The van der Waals surface area contributed by atoms with E-state index in [0.29, 0.717) is 0 Å². The highest BCUT2D eigenvalue weighted by atomic mass is 16.2. The maximum atomic E-state index is 12.2. The summed E-state index contributed by atoms with van der Waals surface area (Å²) in [6, 6.07) is 7.18. The van der Waals surface area contributed by atoms with Gasteiger partial charge in [0, 0.05) is 12.6 Å². The molecular weight excluding hydrogens is 240 g/mol. The minimum Gasteiger partial charge on any atom is -0.344 e. The van der Waals surface area contributed by atoms with Crippen molar-refractivity contribution < 1.29 is 9.59 Å². The standard InChI is InChI=1S/C15H22N2O2/c1-5-12-8-6-7-9-13(12)17-15(19)14(10(2)3)16-11(4)18/h6-10,14H,5H2,1-4H3,(H,16,18)(H,17,19)/t14-/m1/s1. The molecule has 1 aromatic rings. The number of nitrogens with one attached hydrogen (secondary N) is 2. The first-order valence-corrected chi connectivity index (χ1v) is 6.61. The van der Waals surface area contributed by atoms with Gasteiger partial charge < -0.3 is 10.6 Å². The molecule has 4 heteroatoms. The Kier molecular flexibility index (Phi) is 5.55. The number of anilines is 1. The fraction of sp³-hybridized carbons (Fsp3) is 0.467. The number of hydrogen-bond acceptors (Lipinski definition) is 2. The Labute approximate surface area is 114 Å². The Morgan fingerprint density at radius 1 is 1.21 bits per heavy atom. The largest absolute Gasteiger partial charge is 0.344 e. The predicted molar refractivity (Wildman–Crippen MR) is 76.9 cm³/mol. The van der Waals surface area contributed by atoms with Gasteiger partial charge in [0.1, 0.15) is 6.04 Å². The lowest BCUT2D eigenvalue weighted by atomic mass is 10.0. The molecule has 0 unspecified atom stereocenters. The number of amides is 2. The van der Waals surface area contributed by atoms with Crippen molar-refractivity contribution in [3.8, 4) is 0 Å². The van der Waals surface area contributed by atoms with Crippen molar-refractivity contribution in [3.05, 3.63) is 29.8 Å². The number of carbonyl (C=O) groups excluding carboxylic acids is 2. The molecule has 0 radical (unpaired) electrons. The van der Waals surface area contributed by atoms with Gasteiger partial charge in [-0.25, -0.2) is 0 Å². The SMILES string of the molecule is CCc1ccccc1NC(=O)[C@H](NC(C)=O)C(C)C. The summed E-state index contributed by atoms with van der Waals surface area (Å²) in [7, 11) is 0. The van der Waals surface area contributed by atoms with E-state index in [1.165, 1.54) is 6.92 Å². The van der Waals surface area contributed by atoms with Crippen LogP contribution in [0.1, 0.15) is 33.3 Å². The molecule has 0 spiro atoms. The average Bonchev–Trinajstić information content (AvgIpc) is 2.36. The van der Waals surface area contributed by atoms with Gasteiger partial charge in [0.2, 0.25) is 11.8 Å². The Hall–Kier alpha value is -1.84. The van der Waals surface area contributed by atoms with E-state index in [1.54, 1.807) is 0 Å². The summed E-state index contributed by atoms with van der Waals surface area (Å²) in [6.07, 6.45) is 0.850. The first-order chi connectivity index (χ1) is 8.95. The van der Waals surface area contributed by atoms with Gasteiger partial charge in [-0.15, -0.1) is 0 Å². The molecule has 0 bridgehead atoms. The van der Waals surface area contributed by atoms with Gasteiger partial charge in [-0.2, -0.15) is 0 Å². The van der Waals surface area contributed by atoms with Crippen molar-refractivity contribution in [2.45, 2.75) is 40.2 Å². The number of para-hydroxylation sites is 1. The highest BCUT2D eigenvalue weighted by Gasteiger charge is 2.23. The second-order valence-electron chi connectivity index (χ2n) is 4.92. The van der Waals surface area contributed by atoms with Crippen LogP contribution >= 0.6 is 0 Å². The number of rotatable bonds is 5. The third-order valence-corrected chi connectivity index (χ3v) is 2.96. The molecule has 0 saturated carbocycles. The minimum absolute atomic E-state index is 0.0395. The molecule has 0 fully saturated rings. The van der Waals surface area contributed by atoms with E-state index < -0.39 is 6.04 Å². The number of aryl methyl sites for hydroxylation is 1. The molecule has 0 saturated heterocycles. The maximum Gasteiger partial charge on any atom is 0.247 e. The summed E-state index contributed by atoms with van der Waals surface area (Å²) in [5.41, 5.74) is 1.90. The van der Waals surface area contributed by atoms with Crippen LogP contribution in [0.25, 0.3) is 0 Å². The van der Waals surface area contributed by atoms with Crippen LogP contribution in [-0.4, -0.2) is 17.9 Å². The quantitative estimate of drug-likeness (QED) is 0.855. The lowest BCUT2D eigenvalue weighted by Crippen LogP contribution is -2.46. The van der Waals surface area contributed by atoms with E-state index in [4.69, 9.17) is 0 Å². The van der Waals surface area contributed by atoms with E-state index >= 15 is 0 Å². The third kappa shape index (κ3) is 4.39. The van der Waals surface area contributed by atoms with E-state index in [0.717, 1.165) is 17.7 Å². The molecular formula is C15H22N2O2. The summed E-state index contributed by atoms with van der Waals surface area (Å²) in [5, 5.41) is 5.58. The second kappa shape index (κ2) is 6.92. The molecule has 104 valence electrons. The average molecular weight is 262 g/mol. The van der Waals surface area contributed by atoms with Crippen LogP contribution in [0.2, 0.25) is 0 Å². The van der Waals surface area contributed by atoms with Crippen molar-refractivity contribution >= 4 is 17.5 Å². The van der Waals surface area contributed by atoms with Crippen molar-refractivity contribution in [1.82, 2.24) is 5.32 Å². The van der Waals surface area contributed by atoms with Gasteiger partial charge in [0.25, 0.3) is 0 Å². The van der Waals surface area contributed by atoms with Gasteiger partial charge in [0.05, 0.1) is 0 Å². The molecule has 0 aromatic heterocycles. The molecule has 4 nitrogen and oxygen atoms in total. The zero-order chi connectivity index (χ0) is 14.4. The third-order valence-electron chi connectivity index (χ3n) is 2.96. The molecule has 19 heavy (non-hydrogen) atoms. The Bertz CT molecular complexity index is 455.